The first kappa shape index (κ1) is 18.6. The maximum absolute atomic E-state index is 6.38. The van der Waals surface area contributed by atoms with Gasteiger partial charge in [0.1, 0.15) is 12.9 Å². The monoisotopic (exact) mass is 412 g/mol. The Morgan fingerprint density at radius 2 is 1.96 bits per heavy atom. The Morgan fingerprint density at radius 1 is 1.12 bits per heavy atom. The number of ether oxygens (including phenoxy) is 2. The van der Waals surface area contributed by atoms with Crippen LogP contribution in [0, 0.1) is 0 Å². The van der Waals surface area contributed by atoms with Gasteiger partial charge in [0.2, 0.25) is 5.95 Å². The number of hydrogen-bond donors (Lipinski definition) is 2. The predicted molar refractivity (Wildman–Crippen MR) is 103 cm³/mol. The second-order valence-electron chi connectivity index (χ2n) is 5.32. The Balaban J connectivity index is 1.74. The van der Waals surface area contributed by atoms with Gasteiger partial charge in [-0.3, -0.25) is 0 Å². The third-order valence-corrected chi connectivity index (χ3v) is 4.42. The summed E-state index contributed by atoms with van der Waals surface area (Å²) in [6.45, 7) is 0.732. The van der Waals surface area contributed by atoms with Crippen LogP contribution < -0.4 is 14.8 Å². The van der Waals surface area contributed by atoms with Crippen molar-refractivity contribution in [3.63, 3.8) is 0 Å². The molecule has 0 radical (unpaired) electrons. The molecule has 0 fully saturated rings. The summed E-state index contributed by atoms with van der Waals surface area (Å²) in [5, 5.41) is 11.1. The first-order valence-corrected chi connectivity index (χ1v) is 8.72. The van der Waals surface area contributed by atoms with Crippen LogP contribution in [0.5, 0.6) is 11.5 Å². The second kappa shape index (κ2) is 8.49. The van der Waals surface area contributed by atoms with Crippen LogP contribution in [0.2, 0.25) is 15.1 Å². The zero-order chi connectivity index (χ0) is 18.5. The molecule has 1 heterocycles. The van der Waals surface area contributed by atoms with E-state index in [9.17, 15) is 0 Å². The van der Waals surface area contributed by atoms with Crippen LogP contribution in [0.15, 0.2) is 36.7 Å². The molecule has 26 heavy (non-hydrogen) atoms. The molecule has 0 bridgehead atoms. The van der Waals surface area contributed by atoms with Gasteiger partial charge in [-0.25, -0.2) is 10.1 Å². The number of rotatable bonds is 7. The average Bonchev–Trinajstić information content (AvgIpc) is 3.13. The molecule has 136 valence electrons. The van der Waals surface area contributed by atoms with E-state index in [4.69, 9.17) is 44.3 Å². The molecule has 0 saturated carbocycles. The summed E-state index contributed by atoms with van der Waals surface area (Å²) in [6.07, 6.45) is 1.43. The Kier molecular flexibility index (Phi) is 6.08. The molecule has 0 amide bonds. The number of aromatic amines is 1. The maximum atomic E-state index is 6.38. The van der Waals surface area contributed by atoms with Crippen LogP contribution >= 0.6 is 34.8 Å². The molecule has 2 aromatic carbocycles. The molecule has 0 aliphatic carbocycles. The van der Waals surface area contributed by atoms with E-state index in [1.54, 1.807) is 31.4 Å². The van der Waals surface area contributed by atoms with Gasteiger partial charge in [0.25, 0.3) is 0 Å². The summed E-state index contributed by atoms with van der Waals surface area (Å²) in [4.78, 5) is 4.00. The first-order chi connectivity index (χ1) is 12.6. The number of benzene rings is 2. The third-order valence-electron chi connectivity index (χ3n) is 3.55. The molecule has 2 N–H and O–H groups in total. The Morgan fingerprint density at radius 3 is 2.65 bits per heavy atom. The van der Waals surface area contributed by atoms with E-state index in [2.05, 4.69) is 20.5 Å². The molecule has 1 aromatic heterocycles. The number of halogens is 3. The second-order valence-corrected chi connectivity index (χ2v) is 6.57. The molecule has 6 nitrogen and oxygen atoms in total. The van der Waals surface area contributed by atoms with E-state index in [-0.39, 0.29) is 6.61 Å². The molecule has 0 unspecified atom stereocenters. The van der Waals surface area contributed by atoms with E-state index in [0.29, 0.717) is 39.1 Å². The van der Waals surface area contributed by atoms with E-state index in [0.717, 1.165) is 11.1 Å². The van der Waals surface area contributed by atoms with Crippen molar-refractivity contribution in [2.75, 3.05) is 12.4 Å². The van der Waals surface area contributed by atoms with Gasteiger partial charge in [0.05, 0.1) is 12.1 Å². The average molecular weight is 414 g/mol. The van der Waals surface area contributed by atoms with Crippen molar-refractivity contribution in [1.82, 2.24) is 15.2 Å². The van der Waals surface area contributed by atoms with Crippen molar-refractivity contribution in [3.8, 4) is 11.5 Å². The zero-order valence-corrected chi connectivity index (χ0v) is 16.0. The first-order valence-electron chi connectivity index (χ1n) is 7.59. The highest BCUT2D eigenvalue weighted by Gasteiger charge is 2.13. The lowest BCUT2D eigenvalue weighted by molar-refractivity contribution is 0.284. The van der Waals surface area contributed by atoms with Crippen LogP contribution in [-0.2, 0) is 13.2 Å². The topological polar surface area (TPSA) is 72.1 Å². The van der Waals surface area contributed by atoms with E-state index < -0.39 is 0 Å². The molecular weight excluding hydrogens is 399 g/mol. The van der Waals surface area contributed by atoms with Crippen molar-refractivity contribution in [3.05, 3.63) is 62.9 Å². The van der Waals surface area contributed by atoms with Gasteiger partial charge >= 0.3 is 0 Å². The molecule has 0 spiro atoms. The minimum Gasteiger partial charge on any atom is -0.493 e. The summed E-state index contributed by atoms with van der Waals surface area (Å²) in [7, 11) is 1.56. The minimum absolute atomic E-state index is 0.238. The fraction of sp³-hybridized carbons (Fsp3) is 0.176. The standard InChI is InChI=1S/C17H15Cl3N4O2/c1-25-15-5-10(7-21-17-22-9-23-24-17)4-14(20)16(15)26-8-11-2-3-12(18)6-13(11)19/h2-6,9H,7-8H2,1H3,(H2,21,22,23,24). The van der Waals surface area contributed by atoms with Gasteiger partial charge in [-0.05, 0) is 29.8 Å². The molecule has 0 saturated heterocycles. The quantitative estimate of drug-likeness (QED) is 0.572. The molecule has 0 atom stereocenters. The Labute approximate surface area is 165 Å². The number of hydrogen-bond acceptors (Lipinski definition) is 5. The molecule has 3 rings (SSSR count). The largest absolute Gasteiger partial charge is 0.493 e. The van der Waals surface area contributed by atoms with Crippen molar-refractivity contribution in [1.29, 1.82) is 0 Å². The number of nitrogens with one attached hydrogen (secondary N) is 2. The summed E-state index contributed by atoms with van der Waals surface area (Å²) in [5.74, 6) is 1.54. The van der Waals surface area contributed by atoms with Crippen LogP contribution in [0.4, 0.5) is 5.95 Å². The van der Waals surface area contributed by atoms with Crippen LogP contribution in [-0.4, -0.2) is 22.3 Å². The van der Waals surface area contributed by atoms with Crippen LogP contribution in [0.3, 0.4) is 0 Å². The van der Waals surface area contributed by atoms with Gasteiger partial charge in [-0.2, -0.15) is 5.10 Å². The number of anilines is 1. The van der Waals surface area contributed by atoms with E-state index in [1.165, 1.54) is 6.33 Å². The molecule has 9 heteroatoms. The minimum atomic E-state index is 0.238. The maximum Gasteiger partial charge on any atom is 0.218 e. The summed E-state index contributed by atoms with van der Waals surface area (Å²) in [5.41, 5.74) is 1.70. The summed E-state index contributed by atoms with van der Waals surface area (Å²) < 4.78 is 11.3. The SMILES string of the molecule is COc1cc(CNc2ncn[nH]2)cc(Cl)c1OCc1ccc(Cl)cc1Cl. The van der Waals surface area contributed by atoms with Crippen molar-refractivity contribution in [2.45, 2.75) is 13.2 Å². The number of nitrogens with zero attached hydrogens (tertiary/aromatic N) is 2. The molecular formula is C17H15Cl3N4O2. The van der Waals surface area contributed by atoms with E-state index >= 15 is 0 Å². The highest BCUT2D eigenvalue weighted by Crippen LogP contribution is 2.37. The fourth-order valence-corrected chi connectivity index (χ4v) is 3.03. The Hall–Kier alpha value is -2.15. The number of aromatic nitrogens is 3. The smallest absolute Gasteiger partial charge is 0.218 e. The lowest BCUT2D eigenvalue weighted by Gasteiger charge is -2.15. The van der Waals surface area contributed by atoms with Crippen LogP contribution in [0.1, 0.15) is 11.1 Å². The lowest BCUT2D eigenvalue weighted by Crippen LogP contribution is -2.03. The molecule has 3 aromatic rings. The van der Waals surface area contributed by atoms with Gasteiger partial charge in [0, 0.05) is 22.2 Å². The fourth-order valence-electron chi connectivity index (χ4n) is 2.28. The van der Waals surface area contributed by atoms with Gasteiger partial charge < -0.3 is 14.8 Å². The van der Waals surface area contributed by atoms with Gasteiger partial charge in [-0.15, -0.1) is 0 Å². The third kappa shape index (κ3) is 4.52. The zero-order valence-electron chi connectivity index (χ0n) is 13.7. The number of methoxy groups -OCH3 is 1. The van der Waals surface area contributed by atoms with E-state index in [1.807, 2.05) is 6.07 Å². The predicted octanol–water partition coefficient (Wildman–Crippen LogP) is 4.96. The molecule has 0 aliphatic rings. The lowest BCUT2D eigenvalue weighted by atomic mass is 10.2. The summed E-state index contributed by atoms with van der Waals surface area (Å²) >= 11 is 18.5. The van der Waals surface area contributed by atoms with Crippen molar-refractivity contribution >= 4 is 40.8 Å². The number of H-pyrrole nitrogens is 1. The van der Waals surface area contributed by atoms with Crippen molar-refractivity contribution in [2.24, 2.45) is 0 Å². The van der Waals surface area contributed by atoms with Gasteiger partial charge in [-0.1, -0.05) is 40.9 Å². The normalized spacial score (nSPS) is 10.6. The Bertz CT molecular complexity index is 888. The van der Waals surface area contributed by atoms with Crippen molar-refractivity contribution < 1.29 is 9.47 Å². The van der Waals surface area contributed by atoms with Gasteiger partial charge in [0.15, 0.2) is 11.5 Å². The molecule has 0 aliphatic heterocycles. The highest BCUT2D eigenvalue weighted by molar-refractivity contribution is 6.35. The van der Waals surface area contributed by atoms with Crippen LogP contribution in [0.25, 0.3) is 0 Å². The summed E-state index contributed by atoms with van der Waals surface area (Å²) in [6, 6.07) is 8.86. The highest BCUT2D eigenvalue weighted by atomic mass is 35.5.